The molecule has 1 amide bonds. The summed E-state index contributed by atoms with van der Waals surface area (Å²) in [5, 5.41) is 6.07. The molecular weight excluding hydrogens is 238 g/mol. The van der Waals surface area contributed by atoms with Crippen LogP contribution in [-0.4, -0.2) is 12.5 Å². The zero-order chi connectivity index (χ0) is 13.2. The fraction of sp³-hybridized carbons (Fsp3) is 0.188. The first-order chi connectivity index (χ1) is 9.29. The molecule has 19 heavy (non-hydrogen) atoms. The predicted octanol–water partition coefficient (Wildman–Crippen LogP) is 3.73. The molecule has 3 nitrogen and oxygen atoms in total. The van der Waals surface area contributed by atoms with Crippen LogP contribution < -0.4 is 5.32 Å². The molecule has 0 fully saturated rings. The lowest BCUT2D eigenvalue weighted by Crippen LogP contribution is -2.23. The van der Waals surface area contributed by atoms with E-state index in [1.54, 1.807) is 0 Å². The van der Waals surface area contributed by atoms with E-state index in [4.69, 9.17) is 4.42 Å². The van der Waals surface area contributed by atoms with Crippen LogP contribution >= 0.6 is 0 Å². The van der Waals surface area contributed by atoms with Crippen molar-refractivity contribution in [1.29, 1.82) is 0 Å². The van der Waals surface area contributed by atoms with E-state index < -0.39 is 0 Å². The van der Waals surface area contributed by atoms with Crippen LogP contribution in [0.25, 0.3) is 21.7 Å². The molecule has 0 aliphatic carbocycles. The molecule has 3 heteroatoms. The number of hydrogen-bond donors (Lipinski definition) is 1. The van der Waals surface area contributed by atoms with Gasteiger partial charge in [-0.25, -0.2) is 0 Å². The van der Waals surface area contributed by atoms with Crippen molar-refractivity contribution < 1.29 is 9.21 Å². The Morgan fingerprint density at radius 2 is 2.00 bits per heavy atom. The number of furan rings is 1. The summed E-state index contributed by atoms with van der Waals surface area (Å²) in [7, 11) is 0. The molecule has 1 N–H and O–H groups in total. The maximum Gasteiger partial charge on any atom is 0.287 e. The second-order valence-electron chi connectivity index (χ2n) is 4.57. The molecule has 0 saturated heterocycles. The largest absolute Gasteiger partial charge is 0.451 e. The van der Waals surface area contributed by atoms with Crippen molar-refractivity contribution in [3.8, 4) is 0 Å². The van der Waals surface area contributed by atoms with Crippen LogP contribution in [0.5, 0.6) is 0 Å². The molecule has 0 spiro atoms. The fourth-order valence-electron chi connectivity index (χ4n) is 2.23. The number of carbonyl (C=O) groups is 1. The van der Waals surface area contributed by atoms with Gasteiger partial charge in [0.2, 0.25) is 0 Å². The highest BCUT2D eigenvalue weighted by atomic mass is 16.3. The maximum absolute atomic E-state index is 11.9. The smallest absolute Gasteiger partial charge is 0.287 e. The molecule has 3 aromatic rings. The summed E-state index contributed by atoms with van der Waals surface area (Å²) in [6.45, 7) is 2.68. The van der Waals surface area contributed by atoms with Gasteiger partial charge in [-0.1, -0.05) is 37.3 Å². The van der Waals surface area contributed by atoms with Crippen molar-refractivity contribution in [3.63, 3.8) is 0 Å². The van der Waals surface area contributed by atoms with E-state index in [2.05, 4.69) is 11.4 Å². The zero-order valence-electron chi connectivity index (χ0n) is 10.8. The number of rotatable bonds is 3. The van der Waals surface area contributed by atoms with Gasteiger partial charge in [0, 0.05) is 11.9 Å². The molecule has 0 saturated carbocycles. The Hall–Kier alpha value is -2.29. The van der Waals surface area contributed by atoms with E-state index in [0.29, 0.717) is 12.3 Å². The normalized spacial score (nSPS) is 11.0. The predicted molar refractivity (Wildman–Crippen MR) is 76.3 cm³/mol. The summed E-state index contributed by atoms with van der Waals surface area (Å²) < 4.78 is 5.62. The van der Waals surface area contributed by atoms with Crippen LogP contribution in [0.15, 0.2) is 46.9 Å². The number of nitrogens with one attached hydrogen (secondary N) is 1. The minimum atomic E-state index is -0.151. The molecule has 2 aromatic carbocycles. The van der Waals surface area contributed by atoms with Gasteiger partial charge in [0.05, 0.1) is 0 Å². The highest BCUT2D eigenvalue weighted by Gasteiger charge is 2.12. The first-order valence-corrected chi connectivity index (χ1v) is 6.49. The SMILES string of the molecule is CCCNC(=O)c1cc2c(ccc3ccccc32)o1. The molecule has 96 valence electrons. The lowest BCUT2D eigenvalue weighted by atomic mass is 10.1. The van der Waals surface area contributed by atoms with Gasteiger partial charge in [0.25, 0.3) is 5.91 Å². The standard InChI is InChI=1S/C16H15NO2/c1-2-9-17-16(18)15-10-13-12-6-4-3-5-11(12)7-8-14(13)19-15/h3-8,10H,2,9H2,1H3,(H,17,18). The van der Waals surface area contributed by atoms with E-state index in [1.165, 1.54) is 0 Å². The summed E-state index contributed by atoms with van der Waals surface area (Å²) >= 11 is 0. The van der Waals surface area contributed by atoms with Crippen LogP contribution in [0.1, 0.15) is 23.9 Å². The van der Waals surface area contributed by atoms with Gasteiger partial charge in [-0.05, 0) is 29.3 Å². The Bertz CT molecular complexity index is 743. The van der Waals surface area contributed by atoms with Crippen LogP contribution in [0.2, 0.25) is 0 Å². The molecule has 0 aliphatic rings. The van der Waals surface area contributed by atoms with E-state index in [9.17, 15) is 4.79 Å². The monoisotopic (exact) mass is 253 g/mol. The first-order valence-electron chi connectivity index (χ1n) is 6.49. The topological polar surface area (TPSA) is 42.2 Å². The third-order valence-corrected chi connectivity index (χ3v) is 3.19. The van der Waals surface area contributed by atoms with Crippen LogP contribution in [-0.2, 0) is 0 Å². The molecule has 0 aliphatic heterocycles. The van der Waals surface area contributed by atoms with E-state index in [0.717, 1.165) is 28.2 Å². The summed E-state index contributed by atoms with van der Waals surface area (Å²) in [6, 6.07) is 13.8. The van der Waals surface area contributed by atoms with Gasteiger partial charge in [0.15, 0.2) is 5.76 Å². The summed E-state index contributed by atoms with van der Waals surface area (Å²) in [4.78, 5) is 11.9. The molecule has 0 bridgehead atoms. The minimum Gasteiger partial charge on any atom is -0.451 e. The van der Waals surface area contributed by atoms with E-state index in [-0.39, 0.29) is 5.91 Å². The average Bonchev–Trinajstić information content (AvgIpc) is 2.89. The lowest BCUT2D eigenvalue weighted by molar-refractivity contribution is 0.0928. The molecule has 0 radical (unpaired) electrons. The van der Waals surface area contributed by atoms with Crippen LogP contribution in [0, 0.1) is 0 Å². The highest BCUT2D eigenvalue weighted by Crippen LogP contribution is 2.27. The maximum atomic E-state index is 11.9. The minimum absolute atomic E-state index is 0.151. The third kappa shape index (κ3) is 2.08. The van der Waals surface area contributed by atoms with Gasteiger partial charge in [0.1, 0.15) is 5.58 Å². The molecular formula is C16H15NO2. The fourth-order valence-corrected chi connectivity index (χ4v) is 2.23. The summed E-state index contributed by atoms with van der Waals surface area (Å²) in [6.07, 6.45) is 0.912. The van der Waals surface area contributed by atoms with Crippen molar-refractivity contribution in [2.24, 2.45) is 0 Å². The van der Waals surface area contributed by atoms with E-state index >= 15 is 0 Å². The van der Waals surface area contributed by atoms with Crippen molar-refractivity contribution in [2.45, 2.75) is 13.3 Å². The lowest BCUT2D eigenvalue weighted by Gasteiger charge is -1.98. The van der Waals surface area contributed by atoms with Crippen molar-refractivity contribution in [1.82, 2.24) is 5.32 Å². The second-order valence-corrected chi connectivity index (χ2v) is 4.57. The number of amides is 1. The number of fused-ring (bicyclic) bond motifs is 3. The average molecular weight is 253 g/mol. The molecule has 3 rings (SSSR count). The number of carbonyl (C=O) groups excluding carboxylic acids is 1. The molecule has 1 heterocycles. The Labute approximate surface area is 111 Å². The molecule has 1 aromatic heterocycles. The van der Waals surface area contributed by atoms with E-state index in [1.807, 2.05) is 43.3 Å². The van der Waals surface area contributed by atoms with Gasteiger partial charge in [-0.3, -0.25) is 4.79 Å². The Morgan fingerprint density at radius 1 is 1.16 bits per heavy atom. The highest BCUT2D eigenvalue weighted by molar-refractivity contribution is 6.08. The van der Waals surface area contributed by atoms with Crippen LogP contribution in [0.3, 0.4) is 0 Å². The second kappa shape index (κ2) is 4.76. The number of benzene rings is 2. The Kier molecular flexibility index (Phi) is 2.95. The van der Waals surface area contributed by atoms with Crippen LogP contribution in [0.4, 0.5) is 0 Å². The quantitative estimate of drug-likeness (QED) is 0.772. The Balaban J connectivity index is 2.10. The third-order valence-electron chi connectivity index (χ3n) is 3.19. The molecule has 0 unspecified atom stereocenters. The summed E-state index contributed by atoms with van der Waals surface area (Å²) in [5.74, 6) is 0.224. The van der Waals surface area contributed by atoms with Crippen molar-refractivity contribution in [3.05, 3.63) is 48.2 Å². The van der Waals surface area contributed by atoms with Crippen molar-refractivity contribution >= 4 is 27.6 Å². The molecule has 0 atom stereocenters. The van der Waals surface area contributed by atoms with Gasteiger partial charge in [-0.2, -0.15) is 0 Å². The van der Waals surface area contributed by atoms with Gasteiger partial charge < -0.3 is 9.73 Å². The summed E-state index contributed by atoms with van der Waals surface area (Å²) in [5.41, 5.74) is 0.750. The van der Waals surface area contributed by atoms with Crippen molar-refractivity contribution in [2.75, 3.05) is 6.54 Å². The first kappa shape index (κ1) is 11.8. The Morgan fingerprint density at radius 3 is 2.84 bits per heavy atom. The number of hydrogen-bond acceptors (Lipinski definition) is 2. The zero-order valence-corrected chi connectivity index (χ0v) is 10.8. The van der Waals surface area contributed by atoms with Gasteiger partial charge in [-0.15, -0.1) is 0 Å². The van der Waals surface area contributed by atoms with Gasteiger partial charge >= 0.3 is 0 Å².